The molecular formula is C23H24BrN5O3. The van der Waals surface area contributed by atoms with Crippen molar-refractivity contribution in [3.63, 3.8) is 0 Å². The van der Waals surface area contributed by atoms with Gasteiger partial charge in [0.15, 0.2) is 11.5 Å². The van der Waals surface area contributed by atoms with Crippen LogP contribution in [0.5, 0.6) is 11.5 Å². The highest BCUT2D eigenvalue weighted by atomic mass is 79.9. The quantitative estimate of drug-likeness (QED) is 0.402. The number of benzene rings is 2. The molecule has 0 spiro atoms. The minimum Gasteiger partial charge on any atom is -0.454 e. The lowest BCUT2D eigenvalue weighted by Crippen LogP contribution is -2.36. The number of ether oxygens (including phenoxy) is 2. The molecular weight excluding hydrogens is 474 g/mol. The second-order valence-electron chi connectivity index (χ2n) is 7.28. The number of fused-ring (bicyclic) bond motifs is 1. The molecule has 0 aliphatic carbocycles. The molecule has 32 heavy (non-hydrogen) atoms. The normalized spacial score (nSPS) is 12.7. The van der Waals surface area contributed by atoms with Gasteiger partial charge in [0, 0.05) is 33.5 Å². The minimum absolute atomic E-state index is 0.155. The van der Waals surface area contributed by atoms with Crippen LogP contribution in [0.2, 0.25) is 0 Å². The molecule has 1 amide bonds. The van der Waals surface area contributed by atoms with Crippen LogP contribution >= 0.6 is 15.9 Å². The number of aryl methyl sites for hydroxylation is 2. The number of aromatic nitrogens is 2. The molecule has 2 N–H and O–H groups in total. The van der Waals surface area contributed by atoms with Gasteiger partial charge in [0.05, 0.1) is 12.2 Å². The van der Waals surface area contributed by atoms with E-state index in [2.05, 4.69) is 43.6 Å². The van der Waals surface area contributed by atoms with Crippen LogP contribution in [0.25, 0.3) is 0 Å². The number of rotatable bonds is 5. The van der Waals surface area contributed by atoms with E-state index in [1.54, 1.807) is 18.2 Å². The van der Waals surface area contributed by atoms with Crippen LogP contribution in [0.15, 0.2) is 51.9 Å². The van der Waals surface area contributed by atoms with E-state index in [4.69, 9.17) is 9.47 Å². The lowest BCUT2D eigenvalue weighted by atomic mass is 10.2. The van der Waals surface area contributed by atoms with Crippen LogP contribution in [0.4, 0.5) is 5.69 Å². The highest BCUT2D eigenvalue weighted by Gasteiger charge is 2.18. The molecule has 3 aromatic rings. The first kappa shape index (κ1) is 21.9. The zero-order valence-corrected chi connectivity index (χ0v) is 19.7. The van der Waals surface area contributed by atoms with Gasteiger partial charge in [-0.1, -0.05) is 15.9 Å². The van der Waals surface area contributed by atoms with Gasteiger partial charge in [-0.15, -0.1) is 0 Å². The van der Waals surface area contributed by atoms with Crippen LogP contribution in [-0.2, 0) is 13.1 Å². The van der Waals surface area contributed by atoms with Crippen molar-refractivity contribution in [3.8, 4) is 11.5 Å². The summed E-state index contributed by atoms with van der Waals surface area (Å²) < 4.78 is 13.6. The number of nitrogens with zero attached hydrogens (tertiary/aromatic N) is 3. The summed E-state index contributed by atoms with van der Waals surface area (Å²) in [4.78, 5) is 17.6. The van der Waals surface area contributed by atoms with Gasteiger partial charge in [-0.3, -0.25) is 14.8 Å². The number of aliphatic imine (C=N–C) groups is 1. The Morgan fingerprint density at radius 2 is 1.91 bits per heavy atom. The van der Waals surface area contributed by atoms with E-state index in [1.165, 1.54) is 0 Å². The topological polar surface area (TPSA) is 89.8 Å². The van der Waals surface area contributed by atoms with Gasteiger partial charge < -0.3 is 14.8 Å². The second kappa shape index (κ2) is 9.44. The summed E-state index contributed by atoms with van der Waals surface area (Å²) in [6, 6.07) is 12.7. The lowest BCUT2D eigenvalue weighted by Gasteiger charge is -2.12. The summed E-state index contributed by atoms with van der Waals surface area (Å²) in [7, 11) is 0. The predicted molar refractivity (Wildman–Crippen MR) is 126 cm³/mol. The Hall–Kier alpha value is -3.33. The maximum absolute atomic E-state index is 12.9. The zero-order chi connectivity index (χ0) is 22.7. The molecule has 1 aliphatic rings. The number of halogens is 1. The Morgan fingerprint density at radius 1 is 1.16 bits per heavy atom. The SMILES string of the molecule is CCn1nc(C)c(CN=C(NC(=O)c2ccc3c(c2)OCO3)Nc2ccc(Br)cc2)c1C. The summed E-state index contributed by atoms with van der Waals surface area (Å²) in [5.74, 6) is 1.22. The van der Waals surface area contributed by atoms with E-state index in [1.807, 2.05) is 42.8 Å². The van der Waals surface area contributed by atoms with E-state index in [9.17, 15) is 4.79 Å². The number of amides is 1. The Kier molecular flexibility index (Phi) is 6.45. The molecule has 0 bridgehead atoms. The van der Waals surface area contributed by atoms with E-state index in [0.717, 1.165) is 33.7 Å². The molecule has 166 valence electrons. The first-order chi connectivity index (χ1) is 15.4. The van der Waals surface area contributed by atoms with Gasteiger partial charge in [-0.05, 0) is 63.2 Å². The van der Waals surface area contributed by atoms with Gasteiger partial charge >= 0.3 is 0 Å². The largest absolute Gasteiger partial charge is 0.454 e. The first-order valence-corrected chi connectivity index (χ1v) is 11.0. The summed E-state index contributed by atoms with van der Waals surface area (Å²) in [5, 5.41) is 10.6. The molecule has 4 rings (SSSR count). The Morgan fingerprint density at radius 3 is 2.62 bits per heavy atom. The molecule has 0 atom stereocenters. The van der Waals surface area contributed by atoms with E-state index >= 15 is 0 Å². The molecule has 1 aromatic heterocycles. The van der Waals surface area contributed by atoms with Crippen molar-refractivity contribution in [1.29, 1.82) is 0 Å². The number of carbonyl (C=O) groups is 1. The van der Waals surface area contributed by atoms with E-state index in [-0.39, 0.29) is 12.7 Å². The fourth-order valence-electron chi connectivity index (χ4n) is 3.43. The molecule has 0 unspecified atom stereocenters. The number of guanidine groups is 1. The van der Waals surface area contributed by atoms with Crippen LogP contribution in [-0.4, -0.2) is 28.4 Å². The summed E-state index contributed by atoms with van der Waals surface area (Å²) in [6.45, 7) is 7.39. The third-order valence-corrected chi connectivity index (χ3v) is 5.73. The molecule has 0 fully saturated rings. The summed E-state index contributed by atoms with van der Waals surface area (Å²) in [5.41, 5.74) is 4.29. The number of nitrogens with one attached hydrogen (secondary N) is 2. The Labute approximate surface area is 194 Å². The van der Waals surface area contributed by atoms with Gasteiger partial charge in [0.2, 0.25) is 12.8 Å². The fraction of sp³-hybridized carbons (Fsp3) is 0.261. The van der Waals surface area contributed by atoms with Crippen LogP contribution < -0.4 is 20.1 Å². The molecule has 2 heterocycles. The zero-order valence-electron chi connectivity index (χ0n) is 18.1. The molecule has 8 nitrogen and oxygen atoms in total. The third kappa shape index (κ3) is 4.77. The fourth-order valence-corrected chi connectivity index (χ4v) is 3.69. The highest BCUT2D eigenvalue weighted by molar-refractivity contribution is 9.10. The second-order valence-corrected chi connectivity index (χ2v) is 8.20. The van der Waals surface area contributed by atoms with Crippen LogP contribution in [0.3, 0.4) is 0 Å². The molecule has 1 aliphatic heterocycles. The van der Waals surface area contributed by atoms with Gasteiger partial charge in [0.25, 0.3) is 5.91 Å². The smallest absolute Gasteiger partial charge is 0.258 e. The average Bonchev–Trinajstić information content (AvgIpc) is 3.36. The minimum atomic E-state index is -0.302. The van der Waals surface area contributed by atoms with E-state index < -0.39 is 0 Å². The van der Waals surface area contributed by atoms with Crippen molar-refractivity contribution in [2.75, 3.05) is 12.1 Å². The molecule has 2 aromatic carbocycles. The standard InChI is InChI=1S/C23H24BrN5O3/c1-4-29-15(3)19(14(2)28-29)12-25-23(26-18-8-6-17(24)7-9-18)27-22(30)16-5-10-20-21(11-16)32-13-31-20/h5-11H,4,12-13H2,1-3H3,(H2,25,26,27,30). The Balaban J connectivity index is 1.58. The molecule has 0 saturated carbocycles. The number of hydrogen-bond donors (Lipinski definition) is 2. The van der Waals surface area contributed by atoms with Crippen LogP contribution in [0, 0.1) is 13.8 Å². The number of carbonyl (C=O) groups excluding carboxylic acids is 1. The van der Waals surface area contributed by atoms with Crippen molar-refractivity contribution in [2.45, 2.75) is 33.9 Å². The van der Waals surface area contributed by atoms with Crippen molar-refractivity contribution < 1.29 is 14.3 Å². The maximum Gasteiger partial charge on any atom is 0.258 e. The van der Waals surface area contributed by atoms with Crippen molar-refractivity contribution in [3.05, 3.63) is 69.5 Å². The number of hydrogen-bond acceptors (Lipinski definition) is 5. The molecule has 0 saturated heterocycles. The van der Waals surface area contributed by atoms with Crippen LogP contribution in [0.1, 0.15) is 34.2 Å². The van der Waals surface area contributed by atoms with Crippen molar-refractivity contribution in [1.82, 2.24) is 15.1 Å². The highest BCUT2D eigenvalue weighted by Crippen LogP contribution is 2.32. The van der Waals surface area contributed by atoms with E-state index in [0.29, 0.717) is 29.6 Å². The average molecular weight is 498 g/mol. The monoisotopic (exact) mass is 497 g/mol. The molecule has 9 heteroatoms. The first-order valence-electron chi connectivity index (χ1n) is 10.3. The third-order valence-electron chi connectivity index (χ3n) is 5.20. The summed E-state index contributed by atoms with van der Waals surface area (Å²) in [6.07, 6.45) is 0. The maximum atomic E-state index is 12.9. The van der Waals surface area contributed by atoms with Gasteiger partial charge in [-0.25, -0.2) is 4.99 Å². The van der Waals surface area contributed by atoms with Gasteiger partial charge in [0.1, 0.15) is 0 Å². The predicted octanol–water partition coefficient (Wildman–Crippen LogP) is 4.41. The summed E-state index contributed by atoms with van der Waals surface area (Å²) >= 11 is 3.43. The van der Waals surface area contributed by atoms with Gasteiger partial charge in [-0.2, -0.15) is 5.10 Å². The Bertz CT molecular complexity index is 1170. The lowest BCUT2D eigenvalue weighted by molar-refractivity contribution is 0.0976. The molecule has 0 radical (unpaired) electrons. The number of anilines is 1. The van der Waals surface area contributed by atoms with Crippen molar-refractivity contribution >= 4 is 33.5 Å². The van der Waals surface area contributed by atoms with Crippen molar-refractivity contribution in [2.24, 2.45) is 4.99 Å².